The van der Waals surface area contributed by atoms with Gasteiger partial charge in [-0.2, -0.15) is 0 Å². The van der Waals surface area contributed by atoms with Crippen molar-refractivity contribution in [2.24, 2.45) is 17.3 Å². The number of imidazole rings is 1. The summed E-state index contributed by atoms with van der Waals surface area (Å²) in [7, 11) is 0. The normalized spacial score (nSPS) is 24.7. The van der Waals surface area contributed by atoms with Gasteiger partial charge in [-0.3, -0.25) is 4.79 Å². The van der Waals surface area contributed by atoms with E-state index in [-0.39, 0.29) is 11.3 Å². The van der Waals surface area contributed by atoms with Crippen LogP contribution in [0.1, 0.15) is 52.8 Å². The van der Waals surface area contributed by atoms with E-state index in [1.807, 2.05) is 12.4 Å². The standard InChI is InChI=1S/C16H26N2O/c1-5-18-9-8-17-15(18)11-16(3,4)13-7-6-12(2)10-14(13)19/h8-9,12-13H,5-7,10-11H2,1-4H3. The van der Waals surface area contributed by atoms with Crippen molar-refractivity contribution in [3.8, 4) is 0 Å². The summed E-state index contributed by atoms with van der Waals surface area (Å²) in [5.41, 5.74) is 0.00942. The number of nitrogens with zero attached hydrogens (tertiary/aromatic N) is 2. The molecule has 1 aliphatic carbocycles. The van der Waals surface area contributed by atoms with Crippen LogP contribution in [0.3, 0.4) is 0 Å². The quantitative estimate of drug-likeness (QED) is 0.832. The molecule has 1 heterocycles. The molecule has 0 amide bonds. The zero-order valence-corrected chi connectivity index (χ0v) is 12.6. The molecule has 0 saturated heterocycles. The smallest absolute Gasteiger partial charge is 0.136 e. The highest BCUT2D eigenvalue weighted by Crippen LogP contribution is 2.39. The fourth-order valence-electron chi connectivity index (χ4n) is 3.35. The first-order chi connectivity index (χ1) is 8.94. The van der Waals surface area contributed by atoms with E-state index in [9.17, 15) is 4.79 Å². The molecule has 1 aromatic rings. The van der Waals surface area contributed by atoms with Crippen LogP contribution in [0.15, 0.2) is 12.4 Å². The van der Waals surface area contributed by atoms with Gasteiger partial charge >= 0.3 is 0 Å². The van der Waals surface area contributed by atoms with Gasteiger partial charge in [0.25, 0.3) is 0 Å². The molecule has 2 rings (SSSR count). The van der Waals surface area contributed by atoms with Crippen LogP contribution in [0.25, 0.3) is 0 Å². The minimum Gasteiger partial charge on any atom is -0.335 e. The number of aryl methyl sites for hydroxylation is 1. The molecule has 3 nitrogen and oxygen atoms in total. The van der Waals surface area contributed by atoms with Crippen molar-refractivity contribution >= 4 is 5.78 Å². The molecule has 19 heavy (non-hydrogen) atoms. The van der Waals surface area contributed by atoms with Crippen molar-refractivity contribution in [3.05, 3.63) is 18.2 Å². The van der Waals surface area contributed by atoms with E-state index in [2.05, 4.69) is 37.2 Å². The first-order valence-electron chi connectivity index (χ1n) is 7.46. The third-order valence-electron chi connectivity index (χ3n) is 4.59. The predicted octanol–water partition coefficient (Wildman–Crippen LogP) is 3.48. The lowest BCUT2D eigenvalue weighted by Gasteiger charge is -2.37. The number of hydrogen-bond acceptors (Lipinski definition) is 2. The Labute approximate surface area is 116 Å². The maximum atomic E-state index is 12.3. The summed E-state index contributed by atoms with van der Waals surface area (Å²) in [6.45, 7) is 9.71. The highest BCUT2D eigenvalue weighted by atomic mass is 16.1. The Bertz CT molecular complexity index is 447. The first kappa shape index (κ1) is 14.3. The van der Waals surface area contributed by atoms with Gasteiger partial charge in [-0.1, -0.05) is 20.8 Å². The van der Waals surface area contributed by atoms with E-state index in [0.29, 0.717) is 11.7 Å². The Morgan fingerprint density at radius 1 is 1.42 bits per heavy atom. The Balaban J connectivity index is 2.11. The molecule has 2 atom stereocenters. The summed E-state index contributed by atoms with van der Waals surface area (Å²) in [6, 6.07) is 0. The number of ketones is 1. The molecule has 0 bridgehead atoms. The Morgan fingerprint density at radius 2 is 2.16 bits per heavy atom. The van der Waals surface area contributed by atoms with Gasteiger partial charge in [0.1, 0.15) is 11.6 Å². The van der Waals surface area contributed by atoms with Gasteiger partial charge in [0.2, 0.25) is 0 Å². The van der Waals surface area contributed by atoms with E-state index in [1.54, 1.807) is 0 Å². The van der Waals surface area contributed by atoms with Crippen molar-refractivity contribution in [2.45, 2.75) is 59.9 Å². The lowest BCUT2D eigenvalue weighted by Crippen LogP contribution is -2.37. The summed E-state index contributed by atoms with van der Waals surface area (Å²) in [4.78, 5) is 16.8. The molecule has 2 unspecified atom stereocenters. The van der Waals surface area contributed by atoms with Gasteiger partial charge in [-0.25, -0.2) is 4.98 Å². The van der Waals surface area contributed by atoms with Crippen LogP contribution in [-0.2, 0) is 17.8 Å². The zero-order chi connectivity index (χ0) is 14.0. The van der Waals surface area contributed by atoms with E-state index in [4.69, 9.17) is 0 Å². The summed E-state index contributed by atoms with van der Waals surface area (Å²) < 4.78 is 2.18. The molecule has 0 N–H and O–H groups in total. The van der Waals surface area contributed by atoms with Crippen molar-refractivity contribution in [3.63, 3.8) is 0 Å². The number of Topliss-reactive ketones (excluding diaryl/α,β-unsaturated/α-hetero) is 1. The van der Waals surface area contributed by atoms with Crippen LogP contribution >= 0.6 is 0 Å². The van der Waals surface area contributed by atoms with Crippen molar-refractivity contribution in [1.29, 1.82) is 0 Å². The van der Waals surface area contributed by atoms with Gasteiger partial charge in [0, 0.05) is 37.7 Å². The topological polar surface area (TPSA) is 34.9 Å². The van der Waals surface area contributed by atoms with Crippen LogP contribution in [0.5, 0.6) is 0 Å². The van der Waals surface area contributed by atoms with Gasteiger partial charge in [0.15, 0.2) is 0 Å². The third-order valence-corrected chi connectivity index (χ3v) is 4.59. The third kappa shape index (κ3) is 3.07. The second-order valence-corrected chi connectivity index (χ2v) is 6.70. The van der Waals surface area contributed by atoms with Gasteiger partial charge in [-0.05, 0) is 31.1 Å². The molecule has 0 aromatic carbocycles. The van der Waals surface area contributed by atoms with Crippen LogP contribution in [0, 0.1) is 17.3 Å². The molecular weight excluding hydrogens is 236 g/mol. The number of carbonyl (C=O) groups is 1. The Morgan fingerprint density at radius 3 is 2.79 bits per heavy atom. The molecule has 1 saturated carbocycles. The summed E-state index contributed by atoms with van der Waals surface area (Å²) >= 11 is 0. The van der Waals surface area contributed by atoms with E-state index >= 15 is 0 Å². The fourth-order valence-corrected chi connectivity index (χ4v) is 3.35. The molecule has 3 heteroatoms. The minimum atomic E-state index is 0.00942. The summed E-state index contributed by atoms with van der Waals surface area (Å²) in [6.07, 6.45) is 7.76. The van der Waals surface area contributed by atoms with Crippen LogP contribution in [0.2, 0.25) is 0 Å². The monoisotopic (exact) mass is 262 g/mol. The lowest BCUT2D eigenvalue weighted by molar-refractivity contribution is -0.130. The van der Waals surface area contributed by atoms with Crippen LogP contribution < -0.4 is 0 Å². The molecule has 0 aliphatic heterocycles. The Kier molecular flexibility index (Phi) is 4.12. The van der Waals surface area contributed by atoms with Gasteiger partial charge in [0.05, 0.1) is 0 Å². The Hall–Kier alpha value is -1.12. The molecule has 1 aliphatic rings. The average molecular weight is 262 g/mol. The molecule has 1 fully saturated rings. The molecule has 0 spiro atoms. The van der Waals surface area contributed by atoms with Crippen molar-refractivity contribution < 1.29 is 4.79 Å². The van der Waals surface area contributed by atoms with Gasteiger partial charge in [-0.15, -0.1) is 0 Å². The summed E-state index contributed by atoms with van der Waals surface area (Å²) in [5.74, 6) is 2.33. The van der Waals surface area contributed by atoms with Crippen molar-refractivity contribution in [2.75, 3.05) is 0 Å². The SMILES string of the molecule is CCn1ccnc1CC(C)(C)C1CCC(C)CC1=O. The molecular formula is C16H26N2O. The minimum absolute atomic E-state index is 0.00942. The molecule has 106 valence electrons. The maximum absolute atomic E-state index is 12.3. The number of aromatic nitrogens is 2. The van der Waals surface area contributed by atoms with E-state index in [0.717, 1.165) is 31.6 Å². The van der Waals surface area contributed by atoms with Gasteiger partial charge < -0.3 is 4.57 Å². The lowest BCUT2D eigenvalue weighted by atomic mass is 9.67. The largest absolute Gasteiger partial charge is 0.335 e. The highest BCUT2D eigenvalue weighted by molar-refractivity contribution is 5.82. The first-order valence-corrected chi connectivity index (χ1v) is 7.46. The molecule has 0 radical (unpaired) electrons. The maximum Gasteiger partial charge on any atom is 0.136 e. The van der Waals surface area contributed by atoms with E-state index in [1.165, 1.54) is 6.42 Å². The second-order valence-electron chi connectivity index (χ2n) is 6.70. The van der Waals surface area contributed by atoms with Crippen LogP contribution in [-0.4, -0.2) is 15.3 Å². The van der Waals surface area contributed by atoms with Crippen LogP contribution in [0.4, 0.5) is 0 Å². The predicted molar refractivity (Wildman–Crippen MR) is 76.9 cm³/mol. The molecule has 1 aromatic heterocycles. The fraction of sp³-hybridized carbons (Fsp3) is 0.750. The van der Waals surface area contributed by atoms with E-state index < -0.39 is 0 Å². The second kappa shape index (κ2) is 5.48. The number of hydrogen-bond donors (Lipinski definition) is 0. The number of rotatable bonds is 4. The zero-order valence-electron chi connectivity index (χ0n) is 12.6. The summed E-state index contributed by atoms with van der Waals surface area (Å²) in [5, 5.41) is 0. The van der Waals surface area contributed by atoms with Crippen molar-refractivity contribution in [1.82, 2.24) is 9.55 Å². The highest BCUT2D eigenvalue weighted by Gasteiger charge is 2.38. The average Bonchev–Trinajstić information content (AvgIpc) is 2.74. The number of carbonyl (C=O) groups excluding carboxylic acids is 1.